The number of carbonyl (C=O) groups excluding carboxylic acids is 1. The Hall–Kier alpha value is -1.87. The molecule has 0 atom stereocenters. The molecule has 1 heterocycles. The Morgan fingerprint density at radius 1 is 0.944 bits per heavy atom. The zero-order valence-corrected chi connectivity index (χ0v) is 11.0. The summed E-state index contributed by atoms with van der Waals surface area (Å²) < 4.78 is 6.30. The molecule has 0 saturated carbocycles. The van der Waals surface area contributed by atoms with E-state index in [0.29, 0.717) is 11.3 Å². The number of cyclic esters (lactones) is 1. The maximum atomic E-state index is 11.6. The van der Waals surface area contributed by atoms with E-state index in [2.05, 4.69) is 15.9 Å². The van der Waals surface area contributed by atoms with Gasteiger partial charge in [-0.05, 0) is 29.8 Å². The van der Waals surface area contributed by atoms with Crippen molar-refractivity contribution in [3.8, 4) is 0 Å². The van der Waals surface area contributed by atoms with Crippen molar-refractivity contribution in [2.45, 2.75) is 0 Å². The Morgan fingerprint density at radius 3 is 2.33 bits per heavy atom. The van der Waals surface area contributed by atoms with Crippen LogP contribution in [0.15, 0.2) is 53.0 Å². The average Bonchev–Trinajstić information content (AvgIpc) is 2.70. The molecule has 0 saturated heterocycles. The van der Waals surface area contributed by atoms with E-state index in [4.69, 9.17) is 4.74 Å². The lowest BCUT2D eigenvalue weighted by Gasteiger charge is -1.99. The van der Waals surface area contributed by atoms with Crippen molar-refractivity contribution < 1.29 is 9.53 Å². The quantitative estimate of drug-likeness (QED) is 0.741. The van der Waals surface area contributed by atoms with Gasteiger partial charge in [0.2, 0.25) is 0 Å². The minimum atomic E-state index is -0.283. The third kappa shape index (κ3) is 1.97. The number of benzene rings is 2. The van der Waals surface area contributed by atoms with Gasteiger partial charge in [0.05, 0.1) is 5.56 Å². The van der Waals surface area contributed by atoms with Crippen molar-refractivity contribution in [1.82, 2.24) is 0 Å². The lowest BCUT2D eigenvalue weighted by atomic mass is 10.1. The average molecular weight is 301 g/mol. The molecule has 88 valence electrons. The van der Waals surface area contributed by atoms with Crippen LogP contribution in [0.4, 0.5) is 0 Å². The largest absolute Gasteiger partial charge is 0.422 e. The number of halogens is 1. The van der Waals surface area contributed by atoms with Crippen LogP contribution in [-0.2, 0) is 4.74 Å². The van der Waals surface area contributed by atoms with Crippen LogP contribution in [0, 0.1) is 0 Å². The summed E-state index contributed by atoms with van der Waals surface area (Å²) in [6.45, 7) is 0. The second kappa shape index (κ2) is 4.42. The van der Waals surface area contributed by atoms with Crippen LogP contribution in [0.2, 0.25) is 0 Å². The molecule has 18 heavy (non-hydrogen) atoms. The van der Waals surface area contributed by atoms with Crippen LogP contribution in [0.25, 0.3) is 11.8 Å². The summed E-state index contributed by atoms with van der Waals surface area (Å²) >= 11 is 3.39. The van der Waals surface area contributed by atoms with Crippen molar-refractivity contribution in [1.29, 1.82) is 0 Å². The Bertz CT molecular complexity index is 642. The van der Waals surface area contributed by atoms with Crippen LogP contribution in [0.1, 0.15) is 21.5 Å². The monoisotopic (exact) mass is 300 g/mol. The van der Waals surface area contributed by atoms with Gasteiger partial charge in [0.15, 0.2) is 0 Å². The molecule has 3 rings (SSSR count). The molecular weight excluding hydrogens is 292 g/mol. The van der Waals surface area contributed by atoms with E-state index in [1.165, 1.54) is 0 Å². The summed E-state index contributed by atoms with van der Waals surface area (Å²) in [6.07, 6.45) is 1.87. The van der Waals surface area contributed by atoms with Crippen LogP contribution >= 0.6 is 15.9 Å². The lowest BCUT2D eigenvalue weighted by molar-refractivity contribution is 0.0717. The van der Waals surface area contributed by atoms with Gasteiger partial charge in [-0.3, -0.25) is 0 Å². The standard InChI is InChI=1S/C15H9BrO2/c16-11-7-5-10(6-8-11)9-14-12-3-1-2-4-13(12)15(17)18-14/h1-9H. The first kappa shape index (κ1) is 11.2. The Labute approximate surface area is 113 Å². The first-order chi connectivity index (χ1) is 8.74. The second-order valence-electron chi connectivity index (χ2n) is 4.00. The fourth-order valence-corrected chi connectivity index (χ4v) is 2.17. The van der Waals surface area contributed by atoms with Crippen molar-refractivity contribution in [2.24, 2.45) is 0 Å². The Balaban J connectivity index is 2.04. The number of ether oxygens (including phenoxy) is 1. The predicted octanol–water partition coefficient (Wildman–Crippen LogP) is 4.12. The number of hydrogen-bond donors (Lipinski definition) is 0. The second-order valence-corrected chi connectivity index (χ2v) is 4.91. The highest BCUT2D eigenvalue weighted by Crippen LogP contribution is 2.31. The third-order valence-corrected chi connectivity index (χ3v) is 3.31. The molecule has 2 aromatic carbocycles. The van der Waals surface area contributed by atoms with Gasteiger partial charge in [0.25, 0.3) is 0 Å². The molecule has 0 aliphatic carbocycles. The van der Waals surface area contributed by atoms with Crippen LogP contribution < -0.4 is 0 Å². The highest BCUT2D eigenvalue weighted by Gasteiger charge is 2.25. The molecule has 0 aromatic heterocycles. The topological polar surface area (TPSA) is 26.3 Å². The van der Waals surface area contributed by atoms with Gasteiger partial charge in [-0.15, -0.1) is 0 Å². The van der Waals surface area contributed by atoms with E-state index in [1.807, 2.05) is 48.5 Å². The van der Waals surface area contributed by atoms with Gasteiger partial charge in [-0.2, -0.15) is 0 Å². The normalized spacial score (nSPS) is 15.6. The predicted molar refractivity (Wildman–Crippen MR) is 73.9 cm³/mol. The summed E-state index contributed by atoms with van der Waals surface area (Å²) in [6, 6.07) is 15.2. The van der Waals surface area contributed by atoms with Gasteiger partial charge >= 0.3 is 5.97 Å². The molecule has 0 bridgehead atoms. The van der Waals surface area contributed by atoms with Gasteiger partial charge in [0.1, 0.15) is 5.76 Å². The number of esters is 1. The maximum Gasteiger partial charge on any atom is 0.344 e. The molecule has 2 nitrogen and oxygen atoms in total. The summed E-state index contributed by atoms with van der Waals surface area (Å²) in [4.78, 5) is 11.6. The molecule has 1 aliphatic heterocycles. The molecule has 0 amide bonds. The van der Waals surface area contributed by atoms with Gasteiger partial charge in [-0.25, -0.2) is 4.79 Å². The minimum absolute atomic E-state index is 0.283. The summed E-state index contributed by atoms with van der Waals surface area (Å²) in [7, 11) is 0. The molecule has 0 fully saturated rings. The Kier molecular flexibility index (Phi) is 2.76. The molecule has 1 aliphatic rings. The van der Waals surface area contributed by atoms with E-state index in [0.717, 1.165) is 15.6 Å². The fourth-order valence-electron chi connectivity index (χ4n) is 1.90. The molecule has 2 aromatic rings. The highest BCUT2D eigenvalue weighted by molar-refractivity contribution is 9.10. The number of hydrogen-bond acceptors (Lipinski definition) is 2. The zero-order valence-electron chi connectivity index (χ0n) is 9.39. The minimum Gasteiger partial charge on any atom is -0.422 e. The summed E-state index contributed by atoms with van der Waals surface area (Å²) in [5.74, 6) is 0.326. The number of rotatable bonds is 1. The molecule has 0 unspecified atom stereocenters. The summed E-state index contributed by atoms with van der Waals surface area (Å²) in [5, 5.41) is 0. The first-order valence-electron chi connectivity index (χ1n) is 5.53. The van der Waals surface area contributed by atoms with E-state index in [1.54, 1.807) is 6.07 Å². The van der Waals surface area contributed by atoms with Crippen molar-refractivity contribution >= 4 is 33.7 Å². The molecule has 3 heteroatoms. The van der Waals surface area contributed by atoms with Gasteiger partial charge in [0, 0.05) is 10.0 Å². The van der Waals surface area contributed by atoms with E-state index < -0.39 is 0 Å². The van der Waals surface area contributed by atoms with Gasteiger partial charge in [-0.1, -0.05) is 46.3 Å². The molecule has 0 radical (unpaired) electrons. The van der Waals surface area contributed by atoms with Crippen LogP contribution in [-0.4, -0.2) is 5.97 Å². The summed E-state index contributed by atoms with van der Waals surface area (Å²) in [5.41, 5.74) is 2.48. The first-order valence-corrected chi connectivity index (χ1v) is 6.32. The molecule has 0 spiro atoms. The third-order valence-electron chi connectivity index (χ3n) is 2.78. The molecule has 0 N–H and O–H groups in total. The lowest BCUT2D eigenvalue weighted by Crippen LogP contribution is -1.92. The SMILES string of the molecule is O=C1OC(=Cc2ccc(Br)cc2)c2ccccc21. The van der Waals surface area contributed by atoms with Crippen molar-refractivity contribution in [3.63, 3.8) is 0 Å². The number of fused-ring (bicyclic) bond motifs is 1. The molecular formula is C15H9BrO2. The smallest absolute Gasteiger partial charge is 0.344 e. The zero-order chi connectivity index (χ0) is 12.5. The van der Waals surface area contributed by atoms with E-state index in [-0.39, 0.29) is 5.97 Å². The fraction of sp³-hybridized carbons (Fsp3) is 0. The van der Waals surface area contributed by atoms with Crippen LogP contribution in [0.5, 0.6) is 0 Å². The van der Waals surface area contributed by atoms with E-state index in [9.17, 15) is 4.79 Å². The van der Waals surface area contributed by atoms with Gasteiger partial charge < -0.3 is 4.74 Å². The number of carbonyl (C=O) groups is 1. The van der Waals surface area contributed by atoms with Crippen molar-refractivity contribution in [2.75, 3.05) is 0 Å². The van der Waals surface area contributed by atoms with E-state index >= 15 is 0 Å². The Morgan fingerprint density at radius 2 is 1.61 bits per heavy atom. The maximum absolute atomic E-state index is 11.6. The van der Waals surface area contributed by atoms with Crippen molar-refractivity contribution in [3.05, 3.63) is 69.7 Å². The van der Waals surface area contributed by atoms with Crippen LogP contribution in [0.3, 0.4) is 0 Å². The highest BCUT2D eigenvalue weighted by atomic mass is 79.9.